The van der Waals surface area contributed by atoms with Gasteiger partial charge in [-0.1, -0.05) is 25.1 Å². The summed E-state index contributed by atoms with van der Waals surface area (Å²) in [5, 5.41) is 3.22. The fourth-order valence-corrected chi connectivity index (χ4v) is 2.32. The molecule has 0 amide bonds. The number of hydrogen-bond donors (Lipinski definition) is 1. The van der Waals surface area contributed by atoms with Crippen LogP contribution in [0.1, 0.15) is 24.9 Å². The molecule has 0 bridgehead atoms. The molecule has 0 saturated carbocycles. The van der Waals surface area contributed by atoms with Gasteiger partial charge in [0.05, 0.1) is 10.5 Å². The predicted octanol–water partition coefficient (Wildman–Crippen LogP) is 5.29. The molecule has 0 aromatic heterocycles. The minimum atomic E-state index is -0.315. The maximum atomic E-state index is 13.8. The Morgan fingerprint density at radius 3 is 2.47 bits per heavy atom. The summed E-state index contributed by atoms with van der Waals surface area (Å²) in [6.07, 6.45) is 0.732. The van der Waals surface area contributed by atoms with Gasteiger partial charge in [0.25, 0.3) is 0 Å². The van der Waals surface area contributed by atoms with Crippen molar-refractivity contribution in [3.8, 4) is 0 Å². The van der Waals surface area contributed by atoms with Crippen LogP contribution in [0.5, 0.6) is 0 Å². The van der Waals surface area contributed by atoms with E-state index in [1.54, 1.807) is 24.3 Å². The van der Waals surface area contributed by atoms with E-state index >= 15 is 0 Å². The second-order valence-electron chi connectivity index (χ2n) is 4.26. The van der Waals surface area contributed by atoms with E-state index in [-0.39, 0.29) is 17.7 Å². The first-order chi connectivity index (χ1) is 9.11. The number of benzene rings is 2. The molecule has 1 atom stereocenters. The minimum Gasteiger partial charge on any atom is -0.378 e. The number of anilines is 1. The molecular weight excluding hydrogens is 312 g/mol. The molecule has 1 unspecified atom stereocenters. The number of halogens is 3. The molecular formula is C15H14BrF2N. The van der Waals surface area contributed by atoms with Crippen LogP contribution >= 0.6 is 15.9 Å². The van der Waals surface area contributed by atoms with Gasteiger partial charge in [0.2, 0.25) is 0 Å². The van der Waals surface area contributed by atoms with Crippen LogP contribution in [0.4, 0.5) is 14.5 Å². The average molecular weight is 326 g/mol. The Kier molecular flexibility index (Phi) is 4.53. The molecule has 1 N–H and O–H groups in total. The summed E-state index contributed by atoms with van der Waals surface area (Å²) in [5.41, 5.74) is 1.37. The van der Waals surface area contributed by atoms with Crippen molar-refractivity contribution in [3.05, 3.63) is 64.1 Å². The zero-order valence-corrected chi connectivity index (χ0v) is 12.0. The molecule has 19 heavy (non-hydrogen) atoms. The van der Waals surface area contributed by atoms with Crippen LogP contribution in [0.3, 0.4) is 0 Å². The van der Waals surface area contributed by atoms with Gasteiger partial charge in [-0.3, -0.25) is 0 Å². The summed E-state index contributed by atoms with van der Waals surface area (Å²) >= 11 is 3.14. The Labute approximate surface area is 119 Å². The molecule has 0 heterocycles. The van der Waals surface area contributed by atoms with E-state index in [0.717, 1.165) is 12.1 Å². The summed E-state index contributed by atoms with van der Waals surface area (Å²) in [4.78, 5) is 0. The van der Waals surface area contributed by atoms with E-state index in [9.17, 15) is 8.78 Å². The van der Waals surface area contributed by atoms with Gasteiger partial charge in [-0.15, -0.1) is 0 Å². The third-order valence-electron chi connectivity index (χ3n) is 2.95. The predicted molar refractivity (Wildman–Crippen MR) is 77.2 cm³/mol. The van der Waals surface area contributed by atoms with Gasteiger partial charge in [0.1, 0.15) is 11.6 Å². The van der Waals surface area contributed by atoms with Gasteiger partial charge in [-0.25, -0.2) is 8.78 Å². The van der Waals surface area contributed by atoms with E-state index in [1.165, 1.54) is 12.1 Å². The van der Waals surface area contributed by atoms with Crippen molar-refractivity contribution in [2.75, 3.05) is 5.32 Å². The lowest BCUT2D eigenvalue weighted by atomic mass is 10.0. The van der Waals surface area contributed by atoms with Crippen molar-refractivity contribution in [2.45, 2.75) is 19.4 Å². The monoisotopic (exact) mass is 325 g/mol. The standard InChI is InChI=1S/C15H14BrF2N/c1-2-15(11-5-3-4-6-13(11)17)19-10-7-8-14(18)12(16)9-10/h3-9,15,19H,2H2,1H3. The van der Waals surface area contributed by atoms with E-state index in [1.807, 2.05) is 13.0 Å². The molecule has 0 fully saturated rings. The maximum Gasteiger partial charge on any atom is 0.137 e. The normalized spacial score (nSPS) is 12.2. The molecule has 0 radical (unpaired) electrons. The Morgan fingerprint density at radius 2 is 1.84 bits per heavy atom. The minimum absolute atomic E-state index is 0.140. The van der Waals surface area contributed by atoms with Gasteiger partial charge >= 0.3 is 0 Å². The highest BCUT2D eigenvalue weighted by atomic mass is 79.9. The lowest BCUT2D eigenvalue weighted by Crippen LogP contribution is -2.11. The lowest BCUT2D eigenvalue weighted by molar-refractivity contribution is 0.587. The van der Waals surface area contributed by atoms with E-state index in [0.29, 0.717) is 10.0 Å². The second kappa shape index (κ2) is 6.15. The van der Waals surface area contributed by atoms with Crippen molar-refractivity contribution in [1.29, 1.82) is 0 Å². The summed E-state index contributed by atoms with van der Waals surface area (Å²) in [6, 6.07) is 11.2. The van der Waals surface area contributed by atoms with Crippen LogP contribution in [0.15, 0.2) is 46.9 Å². The highest BCUT2D eigenvalue weighted by Crippen LogP contribution is 2.27. The molecule has 0 aliphatic heterocycles. The van der Waals surface area contributed by atoms with Crippen molar-refractivity contribution < 1.29 is 8.78 Å². The Morgan fingerprint density at radius 1 is 1.11 bits per heavy atom. The first-order valence-electron chi connectivity index (χ1n) is 6.08. The van der Waals surface area contributed by atoms with E-state index < -0.39 is 0 Å². The molecule has 1 nitrogen and oxygen atoms in total. The third-order valence-corrected chi connectivity index (χ3v) is 3.56. The second-order valence-corrected chi connectivity index (χ2v) is 5.11. The Hall–Kier alpha value is -1.42. The molecule has 2 aromatic carbocycles. The fraction of sp³-hybridized carbons (Fsp3) is 0.200. The topological polar surface area (TPSA) is 12.0 Å². The fourth-order valence-electron chi connectivity index (χ4n) is 1.94. The number of hydrogen-bond acceptors (Lipinski definition) is 1. The Balaban J connectivity index is 2.24. The zero-order chi connectivity index (χ0) is 13.8. The van der Waals surface area contributed by atoms with Crippen molar-refractivity contribution in [3.63, 3.8) is 0 Å². The van der Waals surface area contributed by atoms with Gasteiger partial charge in [0.15, 0.2) is 0 Å². The van der Waals surface area contributed by atoms with Crippen LogP contribution < -0.4 is 5.32 Å². The van der Waals surface area contributed by atoms with Crippen LogP contribution in [0.2, 0.25) is 0 Å². The van der Waals surface area contributed by atoms with Gasteiger partial charge in [0, 0.05) is 11.3 Å². The molecule has 0 aliphatic rings. The van der Waals surface area contributed by atoms with Gasteiger partial charge in [-0.05, 0) is 46.6 Å². The third kappa shape index (κ3) is 3.32. The van der Waals surface area contributed by atoms with Crippen molar-refractivity contribution >= 4 is 21.6 Å². The van der Waals surface area contributed by atoms with Crippen molar-refractivity contribution in [1.82, 2.24) is 0 Å². The maximum absolute atomic E-state index is 13.8. The Bertz CT molecular complexity index is 572. The molecule has 2 rings (SSSR count). The molecule has 4 heteroatoms. The summed E-state index contributed by atoms with van der Waals surface area (Å²) in [7, 11) is 0. The number of rotatable bonds is 4. The molecule has 100 valence electrons. The first-order valence-corrected chi connectivity index (χ1v) is 6.87. The lowest BCUT2D eigenvalue weighted by Gasteiger charge is -2.19. The van der Waals surface area contributed by atoms with Crippen LogP contribution in [-0.4, -0.2) is 0 Å². The van der Waals surface area contributed by atoms with Crippen molar-refractivity contribution in [2.24, 2.45) is 0 Å². The largest absolute Gasteiger partial charge is 0.378 e. The quantitative estimate of drug-likeness (QED) is 0.805. The smallest absolute Gasteiger partial charge is 0.137 e. The average Bonchev–Trinajstić information content (AvgIpc) is 2.41. The SMILES string of the molecule is CCC(Nc1ccc(F)c(Br)c1)c1ccccc1F. The van der Waals surface area contributed by atoms with Crippen LogP contribution in [0, 0.1) is 11.6 Å². The summed E-state index contributed by atoms with van der Waals surface area (Å²) in [6.45, 7) is 1.97. The summed E-state index contributed by atoms with van der Waals surface area (Å²) in [5.74, 6) is -0.549. The summed E-state index contributed by atoms with van der Waals surface area (Å²) < 4.78 is 27.3. The number of nitrogens with one attached hydrogen (secondary N) is 1. The zero-order valence-electron chi connectivity index (χ0n) is 10.5. The van der Waals surface area contributed by atoms with Gasteiger partial charge < -0.3 is 5.32 Å². The van der Waals surface area contributed by atoms with E-state index in [4.69, 9.17) is 0 Å². The first kappa shape index (κ1) is 14.0. The highest BCUT2D eigenvalue weighted by molar-refractivity contribution is 9.10. The van der Waals surface area contributed by atoms with Crippen LogP contribution in [0.25, 0.3) is 0 Å². The van der Waals surface area contributed by atoms with E-state index in [2.05, 4.69) is 21.2 Å². The van der Waals surface area contributed by atoms with Crippen LogP contribution in [-0.2, 0) is 0 Å². The van der Waals surface area contributed by atoms with Gasteiger partial charge in [-0.2, -0.15) is 0 Å². The molecule has 0 spiro atoms. The molecule has 0 aliphatic carbocycles. The molecule has 0 saturated heterocycles. The highest BCUT2D eigenvalue weighted by Gasteiger charge is 2.13. The molecule has 2 aromatic rings.